The maximum Gasteiger partial charge on any atom is 0 e. The van der Waals surface area contributed by atoms with E-state index < -0.39 is 0 Å². The Labute approximate surface area is 458 Å². The fraction of sp³-hybridized carbons (Fsp3) is 0.360. The Morgan fingerprint density at radius 2 is 0.352 bits per heavy atom. The summed E-state index contributed by atoms with van der Waals surface area (Å²) in [5.41, 5.74) is 5.78. The van der Waals surface area contributed by atoms with Gasteiger partial charge in [0.2, 0.25) is 0 Å². The zero-order valence-electron chi connectivity index (χ0n) is 38.9. The summed E-state index contributed by atoms with van der Waals surface area (Å²) in [6, 6.07) is 42.3. The van der Waals surface area contributed by atoms with Gasteiger partial charge in [-0.2, -0.15) is 0 Å². The van der Waals surface area contributed by atoms with Crippen molar-refractivity contribution in [3.8, 4) is 0 Å². The van der Waals surface area contributed by atoms with E-state index in [-0.39, 0.29) is 202 Å². The van der Waals surface area contributed by atoms with Crippen molar-refractivity contribution in [1.82, 2.24) is 0 Å². The van der Waals surface area contributed by atoms with Gasteiger partial charge >= 0.3 is 0 Å². The molecular formula is C50H88La4-8. The Kier molecular flexibility index (Phi) is 147. The maximum atomic E-state index is 2.20. The van der Waals surface area contributed by atoms with Gasteiger partial charge in [-0.3, -0.25) is 0 Å². The Hall–Kier alpha value is 1.66. The quantitative estimate of drug-likeness (QED) is 0.154. The number of benzene rings is 4. The molecule has 0 saturated heterocycles. The molecule has 0 amide bonds. The zero-order chi connectivity index (χ0) is 31.5. The van der Waals surface area contributed by atoms with Gasteiger partial charge in [0.1, 0.15) is 0 Å². The molecule has 0 unspecified atom stereocenters. The molecule has 0 heterocycles. The van der Waals surface area contributed by atoms with Gasteiger partial charge in [0.05, 0.1) is 0 Å². The third kappa shape index (κ3) is 71.4. The third-order valence-electron chi connectivity index (χ3n) is 5.53. The summed E-state index contributed by atoms with van der Waals surface area (Å²) >= 11 is 0. The molecule has 0 atom stereocenters. The average molecular weight is 1240 g/mol. The minimum absolute atomic E-state index is 0. The fourth-order valence-electron chi connectivity index (χ4n) is 3.73. The molecule has 0 aliphatic carbocycles. The van der Waals surface area contributed by atoms with Crippen LogP contribution < -0.4 is 0 Å². The molecule has 0 fully saturated rings. The molecule has 4 rings (SSSR count). The predicted octanol–water partition coefficient (Wildman–Crippen LogP) is 17.0. The molecule has 0 nitrogen and oxygen atoms in total. The van der Waals surface area contributed by atoms with Crippen molar-refractivity contribution in [1.29, 1.82) is 0 Å². The second-order valence-electron chi connectivity index (χ2n) is 10.4. The van der Waals surface area contributed by atoms with Crippen molar-refractivity contribution >= 4 is 0 Å². The van der Waals surface area contributed by atoms with Crippen LogP contribution in [0.3, 0.4) is 0 Å². The topological polar surface area (TPSA) is 0 Å². The monoisotopic (exact) mass is 1240 g/mol. The number of hydrogen-bond donors (Lipinski definition) is 0. The van der Waals surface area contributed by atoms with Gasteiger partial charge in [-0.1, -0.05) is 215 Å². The molecule has 0 saturated carbocycles. The van der Waals surface area contributed by atoms with Crippen LogP contribution in [0.2, 0.25) is 0 Å². The molecule has 4 aromatic carbocycles. The minimum atomic E-state index is 0. The van der Waals surface area contributed by atoms with E-state index in [9.17, 15) is 0 Å². The summed E-state index contributed by atoms with van der Waals surface area (Å²) in [4.78, 5) is 0. The average Bonchev–Trinajstić information content (AvgIpc) is 3.02. The summed E-state index contributed by atoms with van der Waals surface area (Å²) < 4.78 is 0. The van der Waals surface area contributed by atoms with Crippen molar-refractivity contribution in [2.24, 2.45) is 0 Å². The molecule has 0 N–H and O–H groups in total. The SMILES string of the molecule is CCC.CCC.CCCc1ccccc1.CCCc1ccccc1.CCCc1ccccc1.CCCc1ccccc1.[CH3-].[CH3-].[CH3-].[CH3-].[CH3-].[CH3-].[CH3-].[CH3-].[La].[La].[La].[La]. The van der Waals surface area contributed by atoms with Crippen LogP contribution in [0.4, 0.5) is 0 Å². The zero-order valence-corrected chi connectivity index (χ0v) is 53.4. The fourth-order valence-corrected chi connectivity index (χ4v) is 3.73. The first-order chi connectivity index (χ1) is 20.6. The van der Waals surface area contributed by atoms with Gasteiger partial charge < -0.3 is 59.4 Å². The number of hydrogen-bond acceptors (Lipinski definition) is 0. The van der Waals surface area contributed by atoms with E-state index in [1.807, 2.05) is 0 Å². The van der Waals surface area contributed by atoms with Gasteiger partial charge in [0, 0.05) is 142 Å². The summed E-state index contributed by atoms with van der Waals surface area (Å²) in [6.45, 7) is 17.3. The van der Waals surface area contributed by atoms with E-state index in [1.54, 1.807) is 0 Å². The van der Waals surface area contributed by atoms with Gasteiger partial charge in [0.25, 0.3) is 0 Å². The third-order valence-corrected chi connectivity index (χ3v) is 5.53. The number of aryl methyl sites for hydroxylation is 4. The van der Waals surface area contributed by atoms with Crippen LogP contribution >= 0.6 is 0 Å². The predicted molar refractivity (Wildman–Crippen MR) is 245 cm³/mol. The van der Waals surface area contributed by atoms with Crippen LogP contribution in [0, 0.1) is 202 Å². The number of rotatable bonds is 8. The van der Waals surface area contributed by atoms with E-state index >= 15 is 0 Å². The van der Waals surface area contributed by atoms with E-state index in [0.717, 1.165) is 0 Å². The van der Waals surface area contributed by atoms with Crippen LogP contribution in [0.25, 0.3) is 0 Å². The largest absolute Gasteiger partial charge is 0.358 e. The molecule has 0 spiro atoms. The normalized spacial score (nSPS) is 6.96. The van der Waals surface area contributed by atoms with E-state index in [1.165, 1.54) is 86.5 Å². The second kappa shape index (κ2) is 82.6. The maximum absolute atomic E-state index is 2.20. The van der Waals surface area contributed by atoms with Gasteiger partial charge in [-0.25, -0.2) is 0 Å². The Morgan fingerprint density at radius 3 is 0.444 bits per heavy atom. The Bertz CT molecular complexity index is 828. The van der Waals surface area contributed by atoms with Gasteiger partial charge in [0.15, 0.2) is 0 Å². The first-order valence-corrected chi connectivity index (χ1v) is 16.7. The molecule has 0 aliphatic rings. The Morgan fingerprint density at radius 1 is 0.241 bits per heavy atom. The molecule has 308 valence electrons. The van der Waals surface area contributed by atoms with E-state index in [2.05, 4.69) is 177 Å². The van der Waals surface area contributed by atoms with Crippen molar-refractivity contribution in [2.45, 2.75) is 120 Å². The van der Waals surface area contributed by atoms with E-state index in [4.69, 9.17) is 0 Å². The molecule has 0 bridgehead atoms. The molecule has 0 aliphatic heterocycles. The molecular weight excluding hydrogens is 1160 g/mol. The van der Waals surface area contributed by atoms with Crippen molar-refractivity contribution in [3.05, 3.63) is 203 Å². The van der Waals surface area contributed by atoms with Crippen molar-refractivity contribution < 1.29 is 142 Å². The second-order valence-corrected chi connectivity index (χ2v) is 10.4. The summed E-state index contributed by atoms with van der Waals surface area (Å²) in [7, 11) is 0. The van der Waals surface area contributed by atoms with Gasteiger partial charge in [-0.15, -0.1) is 0 Å². The molecule has 4 radical (unpaired) electrons. The molecule has 4 aromatic rings. The summed E-state index contributed by atoms with van der Waals surface area (Å²) in [6.07, 6.45) is 12.3. The van der Waals surface area contributed by atoms with E-state index in [0.29, 0.717) is 0 Å². The van der Waals surface area contributed by atoms with Crippen LogP contribution in [-0.4, -0.2) is 0 Å². The molecule has 4 heteroatoms. The smallest absolute Gasteiger partial charge is 0 e. The van der Waals surface area contributed by atoms with Crippen LogP contribution in [0.1, 0.15) is 116 Å². The minimum Gasteiger partial charge on any atom is -0.358 e. The molecule has 0 aromatic heterocycles. The Balaban J connectivity index is -0.0000000293. The van der Waals surface area contributed by atoms with Crippen LogP contribution in [-0.2, 0) is 25.7 Å². The van der Waals surface area contributed by atoms with Crippen molar-refractivity contribution in [3.63, 3.8) is 0 Å². The summed E-state index contributed by atoms with van der Waals surface area (Å²) in [5.74, 6) is 0. The van der Waals surface area contributed by atoms with Crippen LogP contribution in [0.15, 0.2) is 121 Å². The summed E-state index contributed by atoms with van der Waals surface area (Å²) in [5, 5.41) is 0. The van der Waals surface area contributed by atoms with Crippen molar-refractivity contribution in [2.75, 3.05) is 0 Å². The first-order valence-electron chi connectivity index (χ1n) is 16.7. The first kappa shape index (κ1) is 95.8. The van der Waals surface area contributed by atoms with Crippen LogP contribution in [0.5, 0.6) is 0 Å². The molecule has 54 heavy (non-hydrogen) atoms. The van der Waals surface area contributed by atoms with Gasteiger partial charge in [-0.05, 0) is 47.9 Å². The standard InChI is InChI=1S/4C9H12.2C3H8.8CH3.4La/c4*1-2-6-9-7-4-3-5-8-9;2*1-3-2;;;;;;;;;;;;/h4*3-5,7-8H,2,6H2,1H3;2*3H2,1-2H3;8*1H3;;;;/q;;;;;;8*-1;;;;.